The van der Waals surface area contributed by atoms with Gasteiger partial charge in [-0.2, -0.15) is 0 Å². The molecular formula is C16H17Cl2NO. The van der Waals surface area contributed by atoms with Gasteiger partial charge in [0.2, 0.25) is 0 Å². The Balaban J connectivity index is 2.04. The number of rotatable bonds is 5. The Morgan fingerprint density at radius 1 is 1.10 bits per heavy atom. The highest BCUT2D eigenvalue weighted by molar-refractivity contribution is 6.42. The smallest absolute Gasteiger partial charge is 0.123 e. The summed E-state index contributed by atoms with van der Waals surface area (Å²) < 4.78 is 5.37. The zero-order valence-electron chi connectivity index (χ0n) is 11.5. The van der Waals surface area contributed by atoms with Gasteiger partial charge in [0.25, 0.3) is 0 Å². The van der Waals surface area contributed by atoms with E-state index < -0.39 is 0 Å². The van der Waals surface area contributed by atoms with Crippen molar-refractivity contribution in [2.24, 2.45) is 0 Å². The Kier molecular flexibility index (Phi) is 5.30. The van der Waals surface area contributed by atoms with E-state index in [0.29, 0.717) is 10.0 Å². The number of halogens is 2. The number of nitrogens with one attached hydrogen (secondary N) is 1. The largest absolute Gasteiger partial charge is 0.496 e. The molecule has 0 radical (unpaired) electrons. The first kappa shape index (κ1) is 15.2. The molecule has 2 rings (SSSR count). The third kappa shape index (κ3) is 3.66. The summed E-state index contributed by atoms with van der Waals surface area (Å²) in [6.07, 6.45) is 0. The third-order valence-electron chi connectivity index (χ3n) is 3.20. The number of para-hydroxylation sites is 1. The van der Waals surface area contributed by atoms with Gasteiger partial charge in [-0.3, -0.25) is 0 Å². The Morgan fingerprint density at radius 2 is 1.85 bits per heavy atom. The van der Waals surface area contributed by atoms with Gasteiger partial charge in [0.05, 0.1) is 17.2 Å². The van der Waals surface area contributed by atoms with Crippen molar-refractivity contribution in [3.05, 3.63) is 63.6 Å². The predicted molar refractivity (Wildman–Crippen MR) is 84.7 cm³/mol. The van der Waals surface area contributed by atoms with Crippen molar-refractivity contribution in [1.29, 1.82) is 0 Å². The Bertz CT molecular complexity index is 586. The summed E-state index contributed by atoms with van der Waals surface area (Å²) >= 11 is 11.9. The fourth-order valence-electron chi connectivity index (χ4n) is 2.05. The van der Waals surface area contributed by atoms with Gasteiger partial charge in [-0.25, -0.2) is 0 Å². The molecule has 2 aromatic carbocycles. The number of methoxy groups -OCH3 is 1. The standard InChI is InChI=1S/C16H17Cl2NO/c1-11(13-5-3-4-6-16(13)20-2)19-10-12-7-8-14(17)15(18)9-12/h3-9,11,19H,10H2,1-2H3. The molecule has 2 aromatic rings. The van der Waals surface area contributed by atoms with Crippen LogP contribution in [-0.2, 0) is 6.54 Å². The maximum Gasteiger partial charge on any atom is 0.123 e. The zero-order valence-corrected chi connectivity index (χ0v) is 13.0. The van der Waals surface area contributed by atoms with Gasteiger partial charge in [0.15, 0.2) is 0 Å². The van der Waals surface area contributed by atoms with Crippen LogP contribution in [-0.4, -0.2) is 7.11 Å². The molecule has 0 amide bonds. The molecule has 0 bridgehead atoms. The molecule has 0 saturated carbocycles. The minimum absolute atomic E-state index is 0.181. The van der Waals surface area contributed by atoms with E-state index in [9.17, 15) is 0 Å². The van der Waals surface area contributed by atoms with Gasteiger partial charge >= 0.3 is 0 Å². The van der Waals surface area contributed by atoms with E-state index in [1.807, 2.05) is 36.4 Å². The van der Waals surface area contributed by atoms with Gasteiger partial charge in [-0.1, -0.05) is 47.5 Å². The fraction of sp³-hybridized carbons (Fsp3) is 0.250. The number of ether oxygens (including phenoxy) is 1. The first-order valence-corrected chi connectivity index (χ1v) is 7.17. The predicted octanol–water partition coefficient (Wildman–Crippen LogP) is 4.85. The highest BCUT2D eigenvalue weighted by atomic mass is 35.5. The molecule has 20 heavy (non-hydrogen) atoms. The maximum atomic E-state index is 6.01. The molecule has 0 spiro atoms. The molecule has 4 heteroatoms. The number of hydrogen-bond acceptors (Lipinski definition) is 2. The van der Waals surface area contributed by atoms with Crippen LogP contribution >= 0.6 is 23.2 Å². The van der Waals surface area contributed by atoms with E-state index in [2.05, 4.69) is 18.3 Å². The van der Waals surface area contributed by atoms with Gasteiger partial charge in [0, 0.05) is 18.2 Å². The van der Waals surface area contributed by atoms with Crippen LogP contribution < -0.4 is 10.1 Å². The van der Waals surface area contributed by atoms with Crippen LogP contribution in [0.2, 0.25) is 10.0 Å². The lowest BCUT2D eigenvalue weighted by molar-refractivity contribution is 0.401. The van der Waals surface area contributed by atoms with Crippen molar-refractivity contribution in [1.82, 2.24) is 5.32 Å². The maximum absolute atomic E-state index is 6.01. The van der Waals surface area contributed by atoms with E-state index in [0.717, 1.165) is 23.4 Å². The van der Waals surface area contributed by atoms with Crippen LogP contribution in [0.1, 0.15) is 24.1 Å². The van der Waals surface area contributed by atoms with Gasteiger partial charge in [-0.15, -0.1) is 0 Å². The summed E-state index contributed by atoms with van der Waals surface area (Å²) in [5.41, 5.74) is 2.23. The van der Waals surface area contributed by atoms with Crippen molar-refractivity contribution in [2.75, 3.05) is 7.11 Å². The van der Waals surface area contributed by atoms with E-state index in [4.69, 9.17) is 27.9 Å². The highest BCUT2D eigenvalue weighted by Gasteiger charge is 2.10. The number of benzene rings is 2. The van der Waals surface area contributed by atoms with Crippen molar-refractivity contribution in [3.63, 3.8) is 0 Å². The molecule has 0 heterocycles. The van der Waals surface area contributed by atoms with Gasteiger partial charge in [0.1, 0.15) is 5.75 Å². The quantitative estimate of drug-likeness (QED) is 0.852. The van der Waals surface area contributed by atoms with Crippen LogP contribution in [0.3, 0.4) is 0 Å². The number of hydrogen-bond donors (Lipinski definition) is 1. The summed E-state index contributed by atoms with van der Waals surface area (Å²) in [4.78, 5) is 0. The zero-order chi connectivity index (χ0) is 14.5. The van der Waals surface area contributed by atoms with Crippen LogP contribution in [0, 0.1) is 0 Å². The Morgan fingerprint density at radius 3 is 2.55 bits per heavy atom. The molecule has 0 aliphatic carbocycles. The summed E-state index contributed by atoms with van der Waals surface area (Å²) in [5, 5.41) is 4.61. The molecule has 0 saturated heterocycles. The topological polar surface area (TPSA) is 21.3 Å². The average molecular weight is 310 g/mol. The summed E-state index contributed by atoms with van der Waals surface area (Å²) in [7, 11) is 1.69. The summed E-state index contributed by atoms with van der Waals surface area (Å²) in [5.74, 6) is 0.890. The minimum Gasteiger partial charge on any atom is -0.496 e. The lowest BCUT2D eigenvalue weighted by Gasteiger charge is -2.17. The first-order chi connectivity index (χ1) is 9.61. The molecule has 0 aromatic heterocycles. The van der Waals surface area contributed by atoms with Crippen LogP contribution in [0.25, 0.3) is 0 Å². The molecule has 2 nitrogen and oxygen atoms in total. The summed E-state index contributed by atoms with van der Waals surface area (Å²) in [6.45, 7) is 2.82. The van der Waals surface area contributed by atoms with Gasteiger partial charge < -0.3 is 10.1 Å². The molecular weight excluding hydrogens is 293 g/mol. The Hall–Kier alpha value is -1.22. The Labute approximate surface area is 129 Å². The molecule has 1 unspecified atom stereocenters. The summed E-state index contributed by atoms with van der Waals surface area (Å²) in [6, 6.07) is 13.8. The lowest BCUT2D eigenvalue weighted by atomic mass is 10.1. The molecule has 1 N–H and O–H groups in total. The van der Waals surface area contributed by atoms with Crippen molar-refractivity contribution in [3.8, 4) is 5.75 Å². The van der Waals surface area contributed by atoms with Crippen LogP contribution in [0.5, 0.6) is 5.75 Å². The highest BCUT2D eigenvalue weighted by Crippen LogP contribution is 2.26. The lowest BCUT2D eigenvalue weighted by Crippen LogP contribution is -2.18. The molecule has 1 atom stereocenters. The minimum atomic E-state index is 0.181. The second-order valence-electron chi connectivity index (χ2n) is 4.59. The van der Waals surface area contributed by atoms with E-state index in [1.54, 1.807) is 7.11 Å². The van der Waals surface area contributed by atoms with Crippen LogP contribution in [0.15, 0.2) is 42.5 Å². The normalized spacial score (nSPS) is 12.2. The van der Waals surface area contributed by atoms with Gasteiger partial charge in [-0.05, 0) is 30.7 Å². The fourth-order valence-corrected chi connectivity index (χ4v) is 2.38. The van der Waals surface area contributed by atoms with E-state index in [-0.39, 0.29) is 6.04 Å². The van der Waals surface area contributed by atoms with Crippen molar-refractivity contribution in [2.45, 2.75) is 19.5 Å². The van der Waals surface area contributed by atoms with E-state index >= 15 is 0 Å². The van der Waals surface area contributed by atoms with Crippen molar-refractivity contribution < 1.29 is 4.74 Å². The monoisotopic (exact) mass is 309 g/mol. The van der Waals surface area contributed by atoms with Crippen LogP contribution in [0.4, 0.5) is 0 Å². The van der Waals surface area contributed by atoms with E-state index in [1.165, 1.54) is 0 Å². The molecule has 0 aliphatic rings. The average Bonchev–Trinajstić information content (AvgIpc) is 2.48. The molecule has 0 fully saturated rings. The SMILES string of the molecule is COc1ccccc1C(C)NCc1ccc(Cl)c(Cl)c1. The second-order valence-corrected chi connectivity index (χ2v) is 5.41. The molecule has 0 aliphatic heterocycles. The second kappa shape index (κ2) is 6.98. The van der Waals surface area contributed by atoms with Crippen molar-refractivity contribution >= 4 is 23.2 Å². The molecule has 106 valence electrons. The third-order valence-corrected chi connectivity index (χ3v) is 3.94. The first-order valence-electron chi connectivity index (χ1n) is 6.42.